The molecule has 0 bridgehead atoms. The lowest BCUT2D eigenvalue weighted by molar-refractivity contribution is -0.136. The van der Waals surface area contributed by atoms with Crippen molar-refractivity contribution in [3.63, 3.8) is 0 Å². The molecule has 110 valence electrons. The van der Waals surface area contributed by atoms with Gasteiger partial charge in [-0.05, 0) is 43.0 Å². The highest BCUT2D eigenvalue weighted by atomic mass is 35.5. The quantitative estimate of drug-likeness (QED) is 0.687. The number of allylic oxidation sites excluding steroid dienone is 3. The summed E-state index contributed by atoms with van der Waals surface area (Å²) < 4.78 is 4.71. The summed E-state index contributed by atoms with van der Waals surface area (Å²) in [5, 5.41) is 3.31. The smallest absolute Gasteiger partial charge is 0.354 e. The fraction of sp³-hybridized carbons (Fsp3) is 0.250. The summed E-state index contributed by atoms with van der Waals surface area (Å²) in [6.45, 7) is 0. The standard InChI is InChI=1S/C16H16ClNO3/c1-21-16(20)14(10-12-8-5-9-13(12)17)18-15(19)11-6-3-2-4-7-11/h2-4,6-7,10H,5,8-9H2,1H3,(H,18,19)/b14-10-. The molecular formula is C16H16ClNO3. The molecule has 21 heavy (non-hydrogen) atoms. The van der Waals surface area contributed by atoms with Gasteiger partial charge in [0.2, 0.25) is 0 Å². The van der Waals surface area contributed by atoms with Gasteiger partial charge in [0.05, 0.1) is 7.11 Å². The maximum Gasteiger partial charge on any atom is 0.354 e. The normalized spacial score (nSPS) is 15.0. The number of amides is 1. The highest BCUT2D eigenvalue weighted by molar-refractivity contribution is 6.30. The van der Waals surface area contributed by atoms with E-state index in [9.17, 15) is 9.59 Å². The predicted molar refractivity (Wildman–Crippen MR) is 80.7 cm³/mol. The van der Waals surface area contributed by atoms with Gasteiger partial charge in [0.15, 0.2) is 0 Å². The molecule has 0 aromatic heterocycles. The van der Waals surface area contributed by atoms with Gasteiger partial charge in [-0.1, -0.05) is 29.8 Å². The van der Waals surface area contributed by atoms with E-state index in [1.54, 1.807) is 30.3 Å². The molecule has 1 N–H and O–H groups in total. The molecule has 0 spiro atoms. The summed E-state index contributed by atoms with van der Waals surface area (Å²) in [6, 6.07) is 8.68. The van der Waals surface area contributed by atoms with Crippen molar-refractivity contribution in [2.24, 2.45) is 0 Å². The Bertz CT molecular complexity index is 605. The van der Waals surface area contributed by atoms with Crippen LogP contribution in [-0.2, 0) is 9.53 Å². The van der Waals surface area contributed by atoms with Gasteiger partial charge in [0.1, 0.15) is 5.70 Å². The topological polar surface area (TPSA) is 55.4 Å². The Morgan fingerprint density at radius 3 is 2.52 bits per heavy atom. The van der Waals surface area contributed by atoms with E-state index in [1.807, 2.05) is 6.07 Å². The van der Waals surface area contributed by atoms with Crippen molar-refractivity contribution in [3.8, 4) is 0 Å². The van der Waals surface area contributed by atoms with Crippen molar-refractivity contribution in [2.75, 3.05) is 7.11 Å². The van der Waals surface area contributed by atoms with Gasteiger partial charge in [0.25, 0.3) is 5.91 Å². The van der Waals surface area contributed by atoms with Crippen LogP contribution in [0.25, 0.3) is 0 Å². The summed E-state index contributed by atoms with van der Waals surface area (Å²) in [6.07, 6.45) is 4.14. The highest BCUT2D eigenvalue weighted by Gasteiger charge is 2.18. The molecule has 1 amide bonds. The first-order valence-corrected chi connectivity index (χ1v) is 7.03. The molecule has 2 rings (SSSR count). The van der Waals surface area contributed by atoms with Gasteiger partial charge in [-0.2, -0.15) is 0 Å². The molecule has 1 aromatic rings. The van der Waals surface area contributed by atoms with Crippen LogP contribution in [-0.4, -0.2) is 19.0 Å². The van der Waals surface area contributed by atoms with E-state index >= 15 is 0 Å². The Morgan fingerprint density at radius 1 is 1.24 bits per heavy atom. The number of rotatable bonds is 4. The Hall–Kier alpha value is -2.07. The van der Waals surface area contributed by atoms with Crippen LogP contribution >= 0.6 is 11.6 Å². The number of hydrogen-bond acceptors (Lipinski definition) is 3. The lowest BCUT2D eigenvalue weighted by Gasteiger charge is -2.09. The van der Waals surface area contributed by atoms with Crippen LogP contribution in [0.3, 0.4) is 0 Å². The molecule has 0 saturated carbocycles. The highest BCUT2D eigenvalue weighted by Crippen LogP contribution is 2.30. The minimum atomic E-state index is -0.594. The molecule has 0 aliphatic heterocycles. The number of carbonyl (C=O) groups is 2. The van der Waals surface area contributed by atoms with Crippen molar-refractivity contribution in [1.82, 2.24) is 5.32 Å². The lowest BCUT2D eigenvalue weighted by Crippen LogP contribution is -2.28. The van der Waals surface area contributed by atoms with Gasteiger partial charge in [-0.15, -0.1) is 0 Å². The zero-order chi connectivity index (χ0) is 15.2. The van der Waals surface area contributed by atoms with Crippen LogP contribution < -0.4 is 5.32 Å². The number of nitrogens with one attached hydrogen (secondary N) is 1. The zero-order valence-electron chi connectivity index (χ0n) is 11.7. The molecule has 0 atom stereocenters. The minimum Gasteiger partial charge on any atom is -0.464 e. The third kappa shape index (κ3) is 3.95. The van der Waals surface area contributed by atoms with Gasteiger partial charge < -0.3 is 10.1 Å². The van der Waals surface area contributed by atoms with Gasteiger partial charge in [-0.3, -0.25) is 4.79 Å². The molecule has 5 heteroatoms. The fourth-order valence-corrected chi connectivity index (χ4v) is 2.38. The van der Waals surface area contributed by atoms with Crippen LogP contribution in [0.4, 0.5) is 0 Å². The van der Waals surface area contributed by atoms with Crippen LogP contribution in [0, 0.1) is 0 Å². The second-order valence-corrected chi connectivity index (χ2v) is 5.11. The Kier molecular flexibility index (Phi) is 5.17. The largest absolute Gasteiger partial charge is 0.464 e. The number of ether oxygens (including phenoxy) is 1. The first kappa shape index (κ1) is 15.3. The summed E-state index contributed by atoms with van der Waals surface area (Å²) in [5.74, 6) is -0.954. The maximum atomic E-state index is 12.1. The summed E-state index contributed by atoms with van der Waals surface area (Å²) in [5.41, 5.74) is 1.44. The van der Waals surface area contributed by atoms with E-state index in [1.165, 1.54) is 7.11 Å². The van der Waals surface area contributed by atoms with Crippen LogP contribution in [0.2, 0.25) is 0 Å². The lowest BCUT2D eigenvalue weighted by atomic mass is 10.1. The number of halogens is 1. The third-order valence-corrected chi connectivity index (χ3v) is 3.63. The molecule has 0 heterocycles. The molecule has 1 aromatic carbocycles. The van der Waals surface area contributed by atoms with E-state index in [0.717, 1.165) is 29.9 Å². The SMILES string of the molecule is COC(=O)/C(=C/C1=C(Cl)CCC1)NC(=O)c1ccccc1. The average Bonchev–Trinajstić information content (AvgIpc) is 2.91. The summed E-state index contributed by atoms with van der Waals surface area (Å²) >= 11 is 6.09. The second-order valence-electron chi connectivity index (χ2n) is 4.65. The Morgan fingerprint density at radius 2 is 1.95 bits per heavy atom. The number of esters is 1. The first-order chi connectivity index (χ1) is 10.1. The summed E-state index contributed by atoms with van der Waals surface area (Å²) in [4.78, 5) is 23.9. The molecule has 4 nitrogen and oxygen atoms in total. The molecule has 1 aliphatic rings. The minimum absolute atomic E-state index is 0.0985. The first-order valence-electron chi connectivity index (χ1n) is 6.65. The van der Waals surface area contributed by atoms with Gasteiger partial charge >= 0.3 is 5.97 Å². The number of carbonyl (C=O) groups excluding carboxylic acids is 2. The van der Waals surface area contributed by atoms with Crippen molar-refractivity contribution in [2.45, 2.75) is 19.3 Å². The third-order valence-electron chi connectivity index (χ3n) is 3.20. The monoisotopic (exact) mass is 305 g/mol. The maximum absolute atomic E-state index is 12.1. The molecule has 0 unspecified atom stereocenters. The van der Waals surface area contributed by atoms with Crippen molar-refractivity contribution >= 4 is 23.5 Å². The van der Waals surface area contributed by atoms with Crippen LogP contribution in [0.15, 0.2) is 52.7 Å². The van der Waals surface area contributed by atoms with Crippen LogP contribution in [0.1, 0.15) is 29.6 Å². The van der Waals surface area contributed by atoms with Crippen molar-refractivity contribution in [1.29, 1.82) is 0 Å². The number of methoxy groups -OCH3 is 1. The molecule has 0 saturated heterocycles. The van der Waals surface area contributed by atoms with Crippen LogP contribution in [0.5, 0.6) is 0 Å². The van der Waals surface area contributed by atoms with E-state index in [0.29, 0.717) is 5.56 Å². The summed E-state index contributed by atoms with van der Waals surface area (Å²) in [7, 11) is 1.27. The zero-order valence-corrected chi connectivity index (χ0v) is 12.4. The molecular weight excluding hydrogens is 290 g/mol. The average molecular weight is 306 g/mol. The molecule has 0 fully saturated rings. The van der Waals surface area contributed by atoms with Crippen molar-refractivity contribution < 1.29 is 14.3 Å². The number of hydrogen-bond donors (Lipinski definition) is 1. The van der Waals surface area contributed by atoms with Gasteiger partial charge in [0, 0.05) is 10.6 Å². The van der Waals surface area contributed by atoms with E-state index in [2.05, 4.69) is 5.32 Å². The molecule has 1 aliphatic carbocycles. The molecule has 0 radical (unpaired) electrons. The Labute approximate surface area is 128 Å². The second kappa shape index (κ2) is 7.09. The van der Waals surface area contributed by atoms with E-state index in [4.69, 9.17) is 16.3 Å². The predicted octanol–water partition coefficient (Wildman–Crippen LogP) is 3.15. The fourth-order valence-electron chi connectivity index (χ4n) is 2.09. The van der Waals surface area contributed by atoms with Crippen molar-refractivity contribution in [3.05, 3.63) is 58.3 Å². The van der Waals surface area contributed by atoms with Gasteiger partial charge in [-0.25, -0.2) is 4.79 Å². The van der Waals surface area contributed by atoms with E-state index < -0.39 is 5.97 Å². The van der Waals surface area contributed by atoms with E-state index in [-0.39, 0.29) is 11.6 Å². The Balaban J connectivity index is 2.22. The number of benzene rings is 1.